The van der Waals surface area contributed by atoms with Gasteiger partial charge in [0.2, 0.25) is 5.75 Å². The number of nitrogens with zero attached hydrogens (tertiary/aromatic N) is 1. The first-order chi connectivity index (χ1) is 15.8. The second kappa shape index (κ2) is 12.2. The van der Waals surface area contributed by atoms with E-state index in [9.17, 15) is 14.4 Å². The van der Waals surface area contributed by atoms with Crippen LogP contribution in [0.5, 0.6) is 17.2 Å². The summed E-state index contributed by atoms with van der Waals surface area (Å²) in [6.45, 7) is 8.08. The number of pyridine rings is 1. The summed E-state index contributed by atoms with van der Waals surface area (Å²) in [5.74, 6) is -1.40. The lowest BCUT2D eigenvalue weighted by Crippen LogP contribution is -2.43. The molecule has 0 bridgehead atoms. The van der Waals surface area contributed by atoms with Gasteiger partial charge in [-0.1, -0.05) is 24.3 Å². The maximum absolute atomic E-state index is 12.7. The van der Waals surface area contributed by atoms with Crippen molar-refractivity contribution in [3.63, 3.8) is 0 Å². The quantitative estimate of drug-likeness (QED) is 0.405. The van der Waals surface area contributed by atoms with E-state index in [-0.39, 0.29) is 17.2 Å². The second-order valence-electron chi connectivity index (χ2n) is 7.12. The van der Waals surface area contributed by atoms with Crippen LogP contribution in [0.3, 0.4) is 0 Å². The van der Waals surface area contributed by atoms with Crippen LogP contribution in [-0.2, 0) is 14.3 Å². The van der Waals surface area contributed by atoms with Crippen molar-refractivity contribution in [3.8, 4) is 17.2 Å². The van der Waals surface area contributed by atoms with Crippen molar-refractivity contribution in [2.24, 2.45) is 0 Å². The lowest BCUT2D eigenvalue weighted by molar-refractivity contribution is -0.154. The van der Waals surface area contributed by atoms with E-state index in [0.717, 1.165) is 0 Å². The van der Waals surface area contributed by atoms with Crippen LogP contribution in [0.4, 0.5) is 0 Å². The smallest absolute Gasteiger partial charge is 0.328 e. The predicted molar refractivity (Wildman–Crippen MR) is 120 cm³/mol. The topological polar surface area (TPSA) is 113 Å². The Balaban J connectivity index is 2.06. The molecule has 1 N–H and O–H groups in total. The fourth-order valence-electron chi connectivity index (χ4n) is 2.85. The standard InChI is InChI=1S/C24H28N2O7/c1-6-10-19(33-18-11-8-7-9-12-18)16(3)31-24(29)15(2)26-23(28)21-22(32-17(4)27)20(30-5)13-14-25-21/h6-9,11-16,19H,1,10H2,2-5H3,(H,26,28)/t15-,16-,19+/m0/s1. The van der Waals surface area contributed by atoms with Gasteiger partial charge in [-0.3, -0.25) is 9.59 Å². The van der Waals surface area contributed by atoms with Crippen LogP contribution < -0.4 is 19.5 Å². The van der Waals surface area contributed by atoms with Crippen molar-refractivity contribution in [1.82, 2.24) is 10.3 Å². The number of benzene rings is 1. The van der Waals surface area contributed by atoms with Crippen molar-refractivity contribution in [2.45, 2.75) is 45.4 Å². The van der Waals surface area contributed by atoms with Crippen LogP contribution >= 0.6 is 0 Å². The molecular formula is C24H28N2O7. The molecule has 0 aliphatic heterocycles. The molecule has 0 fully saturated rings. The molecule has 0 aliphatic carbocycles. The Bertz CT molecular complexity index is 978. The Morgan fingerprint density at radius 1 is 1.15 bits per heavy atom. The summed E-state index contributed by atoms with van der Waals surface area (Å²) in [6, 6.07) is 9.58. The molecule has 0 aliphatic rings. The van der Waals surface area contributed by atoms with Gasteiger partial charge in [-0.05, 0) is 26.0 Å². The van der Waals surface area contributed by atoms with Crippen molar-refractivity contribution in [1.29, 1.82) is 0 Å². The van der Waals surface area contributed by atoms with Crippen molar-refractivity contribution < 1.29 is 33.3 Å². The third-order valence-electron chi connectivity index (χ3n) is 4.51. The first-order valence-electron chi connectivity index (χ1n) is 10.3. The number of carbonyl (C=O) groups is 3. The molecule has 2 aromatic rings. The monoisotopic (exact) mass is 456 g/mol. The number of esters is 2. The number of amides is 1. The minimum atomic E-state index is -1.01. The van der Waals surface area contributed by atoms with Crippen LogP contribution in [0.25, 0.3) is 0 Å². The summed E-state index contributed by atoms with van der Waals surface area (Å²) in [6.07, 6.45) is 2.36. The first kappa shape index (κ1) is 25.4. The predicted octanol–water partition coefficient (Wildman–Crippen LogP) is 3.09. The van der Waals surface area contributed by atoms with E-state index in [0.29, 0.717) is 12.2 Å². The molecular weight excluding hydrogens is 428 g/mol. The van der Waals surface area contributed by atoms with Crippen molar-refractivity contribution in [2.75, 3.05) is 7.11 Å². The summed E-state index contributed by atoms with van der Waals surface area (Å²) in [5.41, 5.74) is -0.200. The number of carbonyl (C=O) groups excluding carboxylic acids is 3. The number of nitrogens with one attached hydrogen (secondary N) is 1. The van der Waals surface area contributed by atoms with Gasteiger partial charge in [0, 0.05) is 25.6 Å². The van der Waals surface area contributed by atoms with Gasteiger partial charge in [0.1, 0.15) is 24.0 Å². The summed E-state index contributed by atoms with van der Waals surface area (Å²) in [4.78, 5) is 40.7. The Morgan fingerprint density at radius 3 is 2.45 bits per heavy atom. The van der Waals surface area contributed by atoms with Crippen LogP contribution in [0, 0.1) is 0 Å². The second-order valence-corrected chi connectivity index (χ2v) is 7.12. The summed E-state index contributed by atoms with van der Waals surface area (Å²) in [7, 11) is 1.36. The zero-order valence-electron chi connectivity index (χ0n) is 19.1. The minimum Gasteiger partial charge on any atom is -0.493 e. The van der Waals surface area contributed by atoms with Crippen molar-refractivity contribution in [3.05, 3.63) is 60.9 Å². The number of aromatic nitrogens is 1. The average molecular weight is 456 g/mol. The van der Waals surface area contributed by atoms with E-state index >= 15 is 0 Å². The molecule has 0 spiro atoms. The molecule has 1 aromatic heterocycles. The number of methoxy groups -OCH3 is 1. The molecule has 9 nitrogen and oxygen atoms in total. The lowest BCUT2D eigenvalue weighted by Gasteiger charge is -2.25. The fourth-order valence-corrected chi connectivity index (χ4v) is 2.85. The lowest BCUT2D eigenvalue weighted by atomic mass is 10.1. The van der Waals surface area contributed by atoms with E-state index < -0.39 is 36.1 Å². The molecule has 0 saturated carbocycles. The number of rotatable bonds is 11. The molecule has 2 rings (SSSR count). The number of hydrogen-bond acceptors (Lipinski definition) is 8. The molecule has 1 aromatic carbocycles. The zero-order chi connectivity index (χ0) is 24.4. The van der Waals surface area contributed by atoms with Crippen LogP contribution in [-0.4, -0.2) is 48.2 Å². The van der Waals surface area contributed by atoms with Gasteiger partial charge >= 0.3 is 11.9 Å². The normalized spacial score (nSPS) is 13.1. The number of hydrogen-bond donors (Lipinski definition) is 1. The largest absolute Gasteiger partial charge is 0.493 e. The number of para-hydroxylation sites is 1. The van der Waals surface area contributed by atoms with Gasteiger partial charge in [0.15, 0.2) is 11.4 Å². The van der Waals surface area contributed by atoms with Gasteiger partial charge in [0.05, 0.1) is 7.11 Å². The molecule has 9 heteroatoms. The van der Waals surface area contributed by atoms with Gasteiger partial charge in [-0.2, -0.15) is 0 Å². The van der Waals surface area contributed by atoms with Gasteiger partial charge in [-0.15, -0.1) is 6.58 Å². The van der Waals surface area contributed by atoms with E-state index in [1.165, 1.54) is 33.2 Å². The molecule has 1 heterocycles. The summed E-state index contributed by atoms with van der Waals surface area (Å²) >= 11 is 0. The van der Waals surface area contributed by atoms with Crippen LogP contribution in [0.15, 0.2) is 55.3 Å². The third kappa shape index (κ3) is 7.34. The number of ether oxygens (including phenoxy) is 4. The highest BCUT2D eigenvalue weighted by Gasteiger charge is 2.28. The van der Waals surface area contributed by atoms with Gasteiger partial charge in [0.25, 0.3) is 5.91 Å². The Morgan fingerprint density at radius 2 is 1.85 bits per heavy atom. The molecule has 33 heavy (non-hydrogen) atoms. The highest BCUT2D eigenvalue weighted by molar-refractivity contribution is 5.98. The highest BCUT2D eigenvalue weighted by atomic mass is 16.6. The van der Waals surface area contributed by atoms with E-state index in [2.05, 4.69) is 16.9 Å². The maximum atomic E-state index is 12.7. The fraction of sp³-hybridized carbons (Fsp3) is 0.333. The maximum Gasteiger partial charge on any atom is 0.328 e. The Hall–Kier alpha value is -3.88. The Kier molecular flexibility index (Phi) is 9.41. The SMILES string of the molecule is C=CC[C@@H](Oc1ccccc1)[C@H](C)OC(=O)[C@H](C)NC(=O)c1nccc(OC)c1OC(C)=O. The molecule has 1 amide bonds. The highest BCUT2D eigenvalue weighted by Crippen LogP contribution is 2.29. The molecule has 176 valence electrons. The third-order valence-corrected chi connectivity index (χ3v) is 4.51. The molecule has 0 saturated heterocycles. The van der Waals surface area contributed by atoms with Crippen molar-refractivity contribution >= 4 is 17.8 Å². The van der Waals surface area contributed by atoms with E-state index in [1.807, 2.05) is 18.2 Å². The molecule has 0 unspecified atom stereocenters. The average Bonchev–Trinajstić information content (AvgIpc) is 2.79. The van der Waals surface area contributed by atoms with Gasteiger partial charge in [-0.25, -0.2) is 9.78 Å². The minimum absolute atomic E-state index is 0.138. The Labute approximate surface area is 192 Å². The summed E-state index contributed by atoms with van der Waals surface area (Å²) < 4.78 is 21.6. The van der Waals surface area contributed by atoms with Gasteiger partial charge < -0.3 is 24.3 Å². The van der Waals surface area contributed by atoms with Crippen LogP contribution in [0.2, 0.25) is 0 Å². The zero-order valence-corrected chi connectivity index (χ0v) is 19.1. The first-order valence-corrected chi connectivity index (χ1v) is 10.3. The van der Waals surface area contributed by atoms with E-state index in [1.54, 1.807) is 25.1 Å². The molecule has 3 atom stereocenters. The van der Waals surface area contributed by atoms with E-state index in [4.69, 9.17) is 18.9 Å². The summed E-state index contributed by atoms with van der Waals surface area (Å²) in [5, 5.41) is 2.50. The van der Waals surface area contributed by atoms with Crippen LogP contribution in [0.1, 0.15) is 37.7 Å². The molecule has 0 radical (unpaired) electrons.